The lowest BCUT2D eigenvalue weighted by molar-refractivity contribution is -0.138. The van der Waals surface area contributed by atoms with Gasteiger partial charge in [0, 0.05) is 6.08 Å². The van der Waals surface area contributed by atoms with Crippen LogP contribution in [0, 0.1) is 5.92 Å². The van der Waals surface area contributed by atoms with Gasteiger partial charge in [-0.1, -0.05) is 6.58 Å². The molecule has 1 N–H and O–H groups in total. The van der Waals surface area contributed by atoms with E-state index in [1.807, 2.05) is 0 Å². The SMILES string of the molecule is C=CC(=O)OCCC1CCC(O)CC1. The predicted molar refractivity (Wildman–Crippen MR) is 53.7 cm³/mol. The minimum Gasteiger partial charge on any atom is -0.463 e. The molecule has 0 heterocycles. The van der Waals surface area contributed by atoms with Crippen molar-refractivity contribution in [1.29, 1.82) is 0 Å². The van der Waals surface area contributed by atoms with Crippen molar-refractivity contribution in [3.8, 4) is 0 Å². The molecule has 0 aromatic rings. The zero-order valence-electron chi connectivity index (χ0n) is 8.45. The van der Waals surface area contributed by atoms with E-state index >= 15 is 0 Å². The highest BCUT2D eigenvalue weighted by atomic mass is 16.5. The van der Waals surface area contributed by atoms with Crippen LogP contribution in [0.2, 0.25) is 0 Å². The fraction of sp³-hybridized carbons (Fsp3) is 0.727. The third-order valence-corrected chi connectivity index (χ3v) is 2.75. The fourth-order valence-electron chi connectivity index (χ4n) is 1.82. The summed E-state index contributed by atoms with van der Waals surface area (Å²) < 4.78 is 4.90. The molecular weight excluding hydrogens is 180 g/mol. The normalized spacial score (nSPS) is 26.9. The Balaban J connectivity index is 2.07. The molecule has 0 aromatic carbocycles. The summed E-state index contributed by atoms with van der Waals surface area (Å²) in [5, 5.41) is 9.28. The van der Waals surface area contributed by atoms with Crippen molar-refractivity contribution in [3.05, 3.63) is 12.7 Å². The average molecular weight is 198 g/mol. The first-order chi connectivity index (χ1) is 6.72. The Kier molecular flexibility index (Phi) is 4.66. The van der Waals surface area contributed by atoms with Gasteiger partial charge < -0.3 is 9.84 Å². The molecule has 1 saturated carbocycles. The molecule has 3 nitrogen and oxygen atoms in total. The molecule has 80 valence electrons. The van der Waals surface area contributed by atoms with E-state index in [4.69, 9.17) is 4.74 Å². The molecule has 0 unspecified atom stereocenters. The van der Waals surface area contributed by atoms with E-state index in [1.165, 1.54) is 6.08 Å². The van der Waals surface area contributed by atoms with Crippen LogP contribution >= 0.6 is 0 Å². The standard InChI is InChI=1S/C11H18O3/c1-2-11(13)14-8-7-9-3-5-10(12)6-4-9/h2,9-10,12H,1,3-8H2. The highest BCUT2D eigenvalue weighted by Gasteiger charge is 2.19. The Hall–Kier alpha value is -0.830. The Labute approximate surface area is 84.8 Å². The van der Waals surface area contributed by atoms with E-state index in [0.717, 1.165) is 32.1 Å². The van der Waals surface area contributed by atoms with Crippen LogP contribution in [0.25, 0.3) is 0 Å². The molecule has 0 saturated heterocycles. The highest BCUT2D eigenvalue weighted by Crippen LogP contribution is 2.26. The van der Waals surface area contributed by atoms with E-state index in [0.29, 0.717) is 12.5 Å². The van der Waals surface area contributed by atoms with Crippen molar-refractivity contribution in [2.75, 3.05) is 6.61 Å². The largest absolute Gasteiger partial charge is 0.463 e. The minimum atomic E-state index is -0.346. The van der Waals surface area contributed by atoms with Gasteiger partial charge in [-0.05, 0) is 38.0 Å². The van der Waals surface area contributed by atoms with Crippen molar-refractivity contribution in [3.63, 3.8) is 0 Å². The number of hydrogen-bond donors (Lipinski definition) is 1. The summed E-state index contributed by atoms with van der Waals surface area (Å²) in [6.45, 7) is 3.81. The maximum atomic E-state index is 10.7. The lowest BCUT2D eigenvalue weighted by Crippen LogP contribution is -2.19. The van der Waals surface area contributed by atoms with Gasteiger partial charge in [-0.15, -0.1) is 0 Å². The fourth-order valence-corrected chi connectivity index (χ4v) is 1.82. The Morgan fingerprint density at radius 1 is 1.43 bits per heavy atom. The van der Waals surface area contributed by atoms with Crippen LogP contribution in [-0.4, -0.2) is 23.8 Å². The summed E-state index contributed by atoms with van der Waals surface area (Å²) in [6.07, 6.45) is 5.86. The zero-order valence-corrected chi connectivity index (χ0v) is 8.45. The Bertz CT molecular complexity index is 193. The second-order valence-corrected chi connectivity index (χ2v) is 3.83. The average Bonchev–Trinajstić information content (AvgIpc) is 2.21. The first kappa shape index (κ1) is 11.2. The number of carbonyl (C=O) groups is 1. The monoisotopic (exact) mass is 198 g/mol. The summed E-state index contributed by atoms with van der Waals surface area (Å²) in [5.41, 5.74) is 0. The van der Waals surface area contributed by atoms with Gasteiger partial charge in [0.1, 0.15) is 0 Å². The third-order valence-electron chi connectivity index (χ3n) is 2.75. The summed E-state index contributed by atoms with van der Waals surface area (Å²) in [5.74, 6) is 0.261. The number of aliphatic hydroxyl groups is 1. The first-order valence-electron chi connectivity index (χ1n) is 5.19. The minimum absolute atomic E-state index is 0.109. The Morgan fingerprint density at radius 3 is 2.64 bits per heavy atom. The van der Waals surface area contributed by atoms with E-state index < -0.39 is 0 Å². The molecule has 1 rings (SSSR count). The lowest BCUT2D eigenvalue weighted by atomic mass is 9.86. The van der Waals surface area contributed by atoms with Gasteiger partial charge in [-0.2, -0.15) is 0 Å². The summed E-state index contributed by atoms with van der Waals surface area (Å²) in [7, 11) is 0. The number of aliphatic hydroxyl groups excluding tert-OH is 1. The number of hydrogen-bond acceptors (Lipinski definition) is 3. The van der Waals surface area contributed by atoms with Crippen LogP contribution in [0.3, 0.4) is 0 Å². The molecule has 1 aliphatic carbocycles. The molecule has 0 aromatic heterocycles. The molecule has 0 radical (unpaired) electrons. The van der Waals surface area contributed by atoms with E-state index in [1.54, 1.807) is 0 Å². The Morgan fingerprint density at radius 2 is 2.07 bits per heavy atom. The predicted octanol–water partition coefficient (Wildman–Crippen LogP) is 1.66. The molecule has 1 fully saturated rings. The van der Waals surface area contributed by atoms with Crippen LogP contribution in [0.15, 0.2) is 12.7 Å². The molecule has 0 atom stereocenters. The van der Waals surface area contributed by atoms with Gasteiger partial charge >= 0.3 is 5.97 Å². The lowest BCUT2D eigenvalue weighted by Gasteiger charge is -2.24. The quantitative estimate of drug-likeness (QED) is 0.552. The number of rotatable bonds is 4. The first-order valence-corrected chi connectivity index (χ1v) is 5.19. The molecule has 0 amide bonds. The summed E-state index contributed by atoms with van der Waals surface area (Å²) in [4.78, 5) is 10.7. The van der Waals surface area contributed by atoms with Crippen molar-refractivity contribution in [2.24, 2.45) is 5.92 Å². The van der Waals surface area contributed by atoms with Gasteiger partial charge in [-0.3, -0.25) is 0 Å². The second-order valence-electron chi connectivity index (χ2n) is 3.83. The molecule has 0 spiro atoms. The van der Waals surface area contributed by atoms with Crippen LogP contribution in [0.4, 0.5) is 0 Å². The van der Waals surface area contributed by atoms with Crippen LogP contribution in [0.1, 0.15) is 32.1 Å². The van der Waals surface area contributed by atoms with E-state index in [2.05, 4.69) is 6.58 Å². The van der Waals surface area contributed by atoms with E-state index in [9.17, 15) is 9.90 Å². The number of carbonyl (C=O) groups excluding carboxylic acids is 1. The van der Waals surface area contributed by atoms with Crippen molar-refractivity contribution >= 4 is 5.97 Å². The highest BCUT2D eigenvalue weighted by molar-refractivity contribution is 5.81. The zero-order chi connectivity index (χ0) is 10.4. The van der Waals surface area contributed by atoms with Gasteiger partial charge in [-0.25, -0.2) is 4.79 Å². The molecule has 14 heavy (non-hydrogen) atoms. The molecular formula is C11H18O3. The maximum absolute atomic E-state index is 10.7. The number of esters is 1. The van der Waals surface area contributed by atoms with Gasteiger partial charge in [0.05, 0.1) is 12.7 Å². The van der Waals surface area contributed by atoms with Crippen LogP contribution < -0.4 is 0 Å². The molecule has 3 heteroatoms. The maximum Gasteiger partial charge on any atom is 0.330 e. The van der Waals surface area contributed by atoms with Crippen LogP contribution in [0.5, 0.6) is 0 Å². The molecule has 0 aliphatic heterocycles. The van der Waals surface area contributed by atoms with Crippen molar-refractivity contribution in [1.82, 2.24) is 0 Å². The molecule has 0 bridgehead atoms. The topological polar surface area (TPSA) is 46.5 Å². The van der Waals surface area contributed by atoms with E-state index in [-0.39, 0.29) is 12.1 Å². The van der Waals surface area contributed by atoms with Gasteiger partial charge in [0.15, 0.2) is 0 Å². The van der Waals surface area contributed by atoms with Crippen LogP contribution in [-0.2, 0) is 9.53 Å². The van der Waals surface area contributed by atoms with Crippen molar-refractivity contribution in [2.45, 2.75) is 38.2 Å². The smallest absolute Gasteiger partial charge is 0.330 e. The van der Waals surface area contributed by atoms with Gasteiger partial charge in [0.2, 0.25) is 0 Å². The van der Waals surface area contributed by atoms with Crippen molar-refractivity contribution < 1.29 is 14.6 Å². The summed E-state index contributed by atoms with van der Waals surface area (Å²) in [6, 6.07) is 0. The second kappa shape index (κ2) is 5.81. The summed E-state index contributed by atoms with van der Waals surface area (Å²) >= 11 is 0. The molecule has 1 aliphatic rings. The number of ether oxygens (including phenoxy) is 1. The van der Waals surface area contributed by atoms with Gasteiger partial charge in [0.25, 0.3) is 0 Å². The third kappa shape index (κ3) is 3.92.